The Morgan fingerprint density at radius 3 is 2.19 bits per heavy atom. The Hall–Kier alpha value is -1.08. The van der Waals surface area contributed by atoms with Gasteiger partial charge in [-0.05, 0) is 51.7 Å². The largest absolute Gasteiger partial charge is 0.481 e. The van der Waals surface area contributed by atoms with Crippen molar-refractivity contribution in [2.24, 2.45) is 5.92 Å². The van der Waals surface area contributed by atoms with E-state index >= 15 is 0 Å². The van der Waals surface area contributed by atoms with Crippen molar-refractivity contribution < 1.29 is 23.9 Å². The first kappa shape index (κ1) is 23.0. The van der Waals surface area contributed by atoms with Crippen molar-refractivity contribution in [2.75, 3.05) is 13.1 Å². The molecule has 1 rings (SSSR count). The van der Waals surface area contributed by atoms with Crippen molar-refractivity contribution in [3.63, 3.8) is 0 Å². The molecule has 7 heteroatoms. The smallest absolute Gasteiger partial charge is 0.410 e. The van der Waals surface area contributed by atoms with E-state index in [2.05, 4.69) is 33.9 Å². The molecular formula is C19H37NO5Si. The number of piperidine rings is 1. The minimum Gasteiger partial charge on any atom is -0.481 e. The summed E-state index contributed by atoms with van der Waals surface area (Å²) >= 11 is 0. The molecule has 1 heterocycles. The highest BCUT2D eigenvalue weighted by Crippen LogP contribution is 2.39. The molecule has 1 amide bonds. The maximum absolute atomic E-state index is 12.4. The average molecular weight is 388 g/mol. The summed E-state index contributed by atoms with van der Waals surface area (Å²) in [6.45, 7) is 17.6. The maximum Gasteiger partial charge on any atom is 0.410 e. The standard InChI is InChI=1S/C19H37NO5Si/c1-18(2,3)24-17(23)20-12-11-15(14(13-20)9-10-16(21)22)25-26(7,8)19(4,5)6/h14-15H,9-13H2,1-8H3,(H,21,22)/t14-,15+/m1/s1. The maximum atomic E-state index is 12.4. The van der Waals surface area contributed by atoms with E-state index in [1.54, 1.807) is 4.90 Å². The average Bonchev–Trinajstić information content (AvgIpc) is 2.42. The first-order valence-electron chi connectivity index (χ1n) is 9.50. The van der Waals surface area contributed by atoms with Gasteiger partial charge in [-0.25, -0.2) is 4.79 Å². The molecule has 0 radical (unpaired) electrons. The van der Waals surface area contributed by atoms with Crippen molar-refractivity contribution in [3.05, 3.63) is 0 Å². The van der Waals surface area contributed by atoms with E-state index in [0.717, 1.165) is 6.42 Å². The van der Waals surface area contributed by atoms with E-state index in [0.29, 0.717) is 19.5 Å². The summed E-state index contributed by atoms with van der Waals surface area (Å²) in [6, 6.07) is 0. The highest BCUT2D eigenvalue weighted by molar-refractivity contribution is 6.74. The molecular weight excluding hydrogens is 350 g/mol. The third-order valence-corrected chi connectivity index (χ3v) is 9.80. The molecule has 152 valence electrons. The van der Waals surface area contributed by atoms with E-state index in [1.165, 1.54) is 0 Å². The van der Waals surface area contributed by atoms with Crippen LogP contribution in [0.4, 0.5) is 4.79 Å². The van der Waals surface area contributed by atoms with E-state index in [9.17, 15) is 9.59 Å². The topological polar surface area (TPSA) is 76.1 Å². The second-order valence-electron chi connectivity index (χ2n) is 9.82. The highest BCUT2D eigenvalue weighted by Gasteiger charge is 2.43. The summed E-state index contributed by atoms with van der Waals surface area (Å²) in [4.78, 5) is 25.2. The summed E-state index contributed by atoms with van der Waals surface area (Å²) in [5.41, 5.74) is -0.540. The molecule has 1 fully saturated rings. The van der Waals surface area contributed by atoms with Crippen LogP contribution in [0.5, 0.6) is 0 Å². The minimum atomic E-state index is -1.96. The van der Waals surface area contributed by atoms with Crippen LogP contribution in [-0.4, -0.2) is 55.2 Å². The molecule has 0 aromatic rings. The van der Waals surface area contributed by atoms with E-state index < -0.39 is 19.9 Å². The molecule has 0 aromatic carbocycles. The Bertz CT molecular complexity index is 507. The van der Waals surface area contributed by atoms with Gasteiger partial charge < -0.3 is 19.2 Å². The number of likely N-dealkylation sites (tertiary alicyclic amines) is 1. The normalized spacial score (nSPS) is 22.2. The molecule has 1 N–H and O–H groups in total. The Kier molecular flexibility index (Phi) is 7.32. The van der Waals surface area contributed by atoms with Crippen LogP contribution in [0.1, 0.15) is 60.8 Å². The lowest BCUT2D eigenvalue weighted by Crippen LogP contribution is -2.53. The zero-order chi connectivity index (χ0) is 20.3. The van der Waals surface area contributed by atoms with Crippen LogP contribution in [0.25, 0.3) is 0 Å². The predicted octanol–water partition coefficient (Wildman–Crippen LogP) is 4.50. The van der Waals surface area contributed by atoms with Gasteiger partial charge in [-0.1, -0.05) is 20.8 Å². The molecule has 0 aliphatic carbocycles. The Morgan fingerprint density at radius 2 is 1.73 bits per heavy atom. The summed E-state index contributed by atoms with van der Waals surface area (Å²) in [7, 11) is -1.96. The van der Waals surface area contributed by atoms with Gasteiger partial charge in [-0.2, -0.15) is 0 Å². The number of hydrogen-bond acceptors (Lipinski definition) is 4. The lowest BCUT2D eigenvalue weighted by molar-refractivity contribution is -0.137. The van der Waals surface area contributed by atoms with Gasteiger partial charge in [0, 0.05) is 25.4 Å². The van der Waals surface area contributed by atoms with Crippen LogP contribution in [0.2, 0.25) is 18.1 Å². The van der Waals surface area contributed by atoms with E-state index in [1.807, 2.05) is 20.8 Å². The van der Waals surface area contributed by atoms with Crippen LogP contribution in [-0.2, 0) is 14.0 Å². The summed E-state index contributed by atoms with van der Waals surface area (Å²) in [5.74, 6) is -0.799. The molecule has 1 saturated heterocycles. The zero-order valence-corrected chi connectivity index (χ0v) is 18.7. The van der Waals surface area contributed by atoms with Crippen molar-refractivity contribution in [3.8, 4) is 0 Å². The van der Waals surface area contributed by atoms with Gasteiger partial charge in [0.1, 0.15) is 5.60 Å². The molecule has 6 nitrogen and oxygen atoms in total. The molecule has 1 aliphatic rings. The third-order valence-electron chi connectivity index (χ3n) is 5.30. The number of amides is 1. The summed E-state index contributed by atoms with van der Waals surface area (Å²) < 4.78 is 12.1. The van der Waals surface area contributed by atoms with E-state index in [-0.39, 0.29) is 29.6 Å². The Labute approximate surface area is 159 Å². The summed E-state index contributed by atoms with van der Waals surface area (Å²) in [6.07, 6.45) is 0.978. The number of carbonyl (C=O) groups is 2. The fourth-order valence-corrected chi connectivity index (χ4v) is 4.22. The predicted molar refractivity (Wildman–Crippen MR) is 105 cm³/mol. The highest BCUT2D eigenvalue weighted by atomic mass is 28.4. The zero-order valence-electron chi connectivity index (χ0n) is 17.7. The van der Waals surface area contributed by atoms with Crippen molar-refractivity contribution >= 4 is 20.4 Å². The van der Waals surface area contributed by atoms with Gasteiger partial charge in [0.15, 0.2) is 8.32 Å². The molecule has 26 heavy (non-hydrogen) atoms. The number of rotatable bonds is 5. The Morgan fingerprint density at radius 1 is 1.15 bits per heavy atom. The van der Waals surface area contributed by atoms with Crippen molar-refractivity contribution in [2.45, 2.75) is 90.6 Å². The fraction of sp³-hybridized carbons (Fsp3) is 0.895. The van der Waals surface area contributed by atoms with Crippen LogP contribution >= 0.6 is 0 Å². The van der Waals surface area contributed by atoms with E-state index in [4.69, 9.17) is 14.3 Å². The molecule has 0 bridgehead atoms. The number of nitrogens with zero attached hydrogens (tertiary/aromatic N) is 1. The third kappa shape index (κ3) is 6.91. The first-order valence-corrected chi connectivity index (χ1v) is 12.4. The monoisotopic (exact) mass is 387 g/mol. The Balaban J connectivity index is 2.86. The van der Waals surface area contributed by atoms with Gasteiger partial charge >= 0.3 is 12.1 Å². The number of ether oxygens (including phenoxy) is 1. The van der Waals surface area contributed by atoms with Gasteiger partial charge in [-0.3, -0.25) is 4.79 Å². The first-order chi connectivity index (χ1) is 11.6. The summed E-state index contributed by atoms with van der Waals surface area (Å²) in [5, 5.41) is 9.17. The molecule has 1 aliphatic heterocycles. The van der Waals surface area contributed by atoms with Crippen LogP contribution in [0, 0.1) is 5.92 Å². The molecule has 0 unspecified atom stereocenters. The molecule has 0 spiro atoms. The SMILES string of the molecule is CC(C)(C)OC(=O)N1CC[C@H](O[Si](C)(C)C(C)(C)C)[C@H](CCC(=O)O)C1. The molecule has 2 atom stereocenters. The lowest BCUT2D eigenvalue weighted by atomic mass is 9.90. The lowest BCUT2D eigenvalue weighted by Gasteiger charge is -2.45. The minimum absolute atomic E-state index is 0.00562. The number of carboxylic acid groups (broad SMARTS) is 1. The van der Waals surface area contributed by atoms with Gasteiger partial charge in [0.2, 0.25) is 0 Å². The second kappa shape index (κ2) is 8.29. The van der Waals surface area contributed by atoms with Crippen LogP contribution in [0.3, 0.4) is 0 Å². The van der Waals surface area contributed by atoms with Crippen LogP contribution < -0.4 is 0 Å². The van der Waals surface area contributed by atoms with Gasteiger partial charge in [0.25, 0.3) is 0 Å². The quantitative estimate of drug-likeness (QED) is 0.703. The number of carbonyl (C=O) groups excluding carboxylic acids is 1. The molecule has 0 saturated carbocycles. The fourth-order valence-electron chi connectivity index (χ4n) is 2.80. The molecule has 0 aromatic heterocycles. The van der Waals surface area contributed by atoms with Crippen molar-refractivity contribution in [1.82, 2.24) is 4.90 Å². The van der Waals surface area contributed by atoms with Crippen molar-refractivity contribution in [1.29, 1.82) is 0 Å². The van der Waals surface area contributed by atoms with Crippen LogP contribution in [0.15, 0.2) is 0 Å². The van der Waals surface area contributed by atoms with Gasteiger partial charge in [0.05, 0.1) is 6.10 Å². The second-order valence-corrected chi connectivity index (χ2v) is 14.6. The number of hydrogen-bond donors (Lipinski definition) is 1. The number of aliphatic carboxylic acids is 1. The number of carboxylic acids is 1. The van der Waals surface area contributed by atoms with Gasteiger partial charge in [-0.15, -0.1) is 0 Å².